The highest BCUT2D eigenvalue weighted by atomic mass is 16.2. The number of hydrogen-bond acceptors (Lipinski definition) is 4. The lowest BCUT2D eigenvalue weighted by Crippen LogP contribution is -2.27. The molecule has 0 saturated heterocycles. The summed E-state index contributed by atoms with van der Waals surface area (Å²) >= 11 is 0. The molecule has 1 rings (SSSR count). The van der Waals surface area contributed by atoms with Crippen LogP contribution in [0.5, 0.6) is 0 Å². The first-order valence-electron chi connectivity index (χ1n) is 4.02. The summed E-state index contributed by atoms with van der Waals surface area (Å²) in [6.07, 6.45) is 3.13. The minimum Gasteiger partial charge on any atom is -0.330 e. The van der Waals surface area contributed by atoms with E-state index in [4.69, 9.17) is 5.73 Å². The third-order valence-electron chi connectivity index (χ3n) is 1.60. The van der Waals surface area contributed by atoms with Gasteiger partial charge in [-0.2, -0.15) is 0 Å². The molecular weight excluding hydrogens is 168 g/mol. The molecule has 1 heterocycles. The van der Waals surface area contributed by atoms with Crippen molar-refractivity contribution in [2.45, 2.75) is 6.92 Å². The molecule has 0 bridgehead atoms. The van der Waals surface area contributed by atoms with Gasteiger partial charge in [-0.1, -0.05) is 6.92 Å². The van der Waals surface area contributed by atoms with Crippen molar-refractivity contribution in [3.63, 3.8) is 0 Å². The first-order chi connectivity index (χ1) is 6.24. The lowest BCUT2D eigenvalue weighted by Gasteiger charge is -2.07. The number of carbonyl (C=O) groups is 1. The second kappa shape index (κ2) is 4.51. The Bertz CT molecular complexity index is 275. The Balaban J connectivity index is 2.55. The second-order valence-electron chi connectivity index (χ2n) is 2.70. The highest BCUT2D eigenvalue weighted by Crippen LogP contribution is 1.98. The predicted molar refractivity (Wildman–Crippen MR) is 48.9 cm³/mol. The van der Waals surface area contributed by atoms with Crippen molar-refractivity contribution in [1.82, 2.24) is 9.97 Å². The lowest BCUT2D eigenvalue weighted by atomic mass is 10.2. The molecule has 1 aromatic rings. The maximum atomic E-state index is 11.3. The topological polar surface area (TPSA) is 80.9 Å². The van der Waals surface area contributed by atoms with Gasteiger partial charge in [0.1, 0.15) is 0 Å². The van der Waals surface area contributed by atoms with Gasteiger partial charge in [0.25, 0.3) is 0 Å². The molecule has 0 aliphatic carbocycles. The number of nitrogens with zero attached hydrogens (tertiary/aromatic N) is 2. The monoisotopic (exact) mass is 180 g/mol. The number of nitrogens with one attached hydrogen (secondary N) is 1. The van der Waals surface area contributed by atoms with Gasteiger partial charge in [-0.05, 0) is 6.07 Å². The quantitative estimate of drug-likeness (QED) is 0.686. The van der Waals surface area contributed by atoms with Crippen LogP contribution < -0.4 is 11.1 Å². The van der Waals surface area contributed by atoms with Gasteiger partial charge in [0, 0.05) is 24.9 Å². The molecule has 1 amide bonds. The summed E-state index contributed by atoms with van der Waals surface area (Å²) in [5.41, 5.74) is 5.32. The number of amides is 1. The Morgan fingerprint density at radius 2 is 2.23 bits per heavy atom. The van der Waals surface area contributed by atoms with Crippen LogP contribution in [0, 0.1) is 5.92 Å². The third kappa shape index (κ3) is 2.79. The first-order valence-corrected chi connectivity index (χ1v) is 4.02. The van der Waals surface area contributed by atoms with Crippen LogP contribution in [0.1, 0.15) is 6.92 Å². The van der Waals surface area contributed by atoms with E-state index in [-0.39, 0.29) is 11.8 Å². The van der Waals surface area contributed by atoms with E-state index in [9.17, 15) is 4.79 Å². The zero-order chi connectivity index (χ0) is 9.68. The van der Waals surface area contributed by atoms with Gasteiger partial charge < -0.3 is 5.73 Å². The molecule has 0 saturated carbocycles. The van der Waals surface area contributed by atoms with E-state index in [1.807, 2.05) is 0 Å². The lowest BCUT2D eigenvalue weighted by molar-refractivity contribution is -0.119. The molecule has 70 valence electrons. The van der Waals surface area contributed by atoms with Gasteiger partial charge in [-0.25, -0.2) is 9.97 Å². The van der Waals surface area contributed by atoms with Crippen LogP contribution in [0.25, 0.3) is 0 Å². The standard InChI is InChI=1S/C8H12N4O/c1-6(5-9)7(13)12-8-10-3-2-4-11-8/h2-4,6H,5,9H2,1H3,(H,10,11,12,13). The zero-order valence-electron chi connectivity index (χ0n) is 7.40. The average molecular weight is 180 g/mol. The second-order valence-corrected chi connectivity index (χ2v) is 2.70. The van der Waals surface area contributed by atoms with Crippen LogP contribution >= 0.6 is 0 Å². The fourth-order valence-corrected chi connectivity index (χ4v) is 0.704. The number of hydrogen-bond donors (Lipinski definition) is 2. The fraction of sp³-hybridized carbons (Fsp3) is 0.375. The number of nitrogens with two attached hydrogens (primary N) is 1. The van der Waals surface area contributed by atoms with E-state index >= 15 is 0 Å². The van der Waals surface area contributed by atoms with Crippen LogP contribution in [-0.4, -0.2) is 22.4 Å². The minimum atomic E-state index is -0.219. The summed E-state index contributed by atoms with van der Waals surface area (Å²) in [6, 6.07) is 1.68. The number of aromatic nitrogens is 2. The highest BCUT2D eigenvalue weighted by Gasteiger charge is 2.11. The maximum absolute atomic E-state index is 11.3. The molecule has 3 N–H and O–H groups in total. The Labute approximate surface area is 76.4 Å². The van der Waals surface area contributed by atoms with Crippen molar-refractivity contribution < 1.29 is 4.79 Å². The van der Waals surface area contributed by atoms with Crippen LogP contribution in [0.3, 0.4) is 0 Å². The Morgan fingerprint density at radius 3 is 2.77 bits per heavy atom. The van der Waals surface area contributed by atoms with E-state index < -0.39 is 0 Å². The summed E-state index contributed by atoms with van der Waals surface area (Å²) in [6.45, 7) is 2.07. The SMILES string of the molecule is CC(CN)C(=O)Nc1ncccn1. The van der Waals surface area contributed by atoms with Crippen molar-refractivity contribution in [2.24, 2.45) is 11.7 Å². The highest BCUT2D eigenvalue weighted by molar-refractivity contribution is 5.90. The molecule has 13 heavy (non-hydrogen) atoms. The normalized spacial score (nSPS) is 12.2. The van der Waals surface area contributed by atoms with Crippen molar-refractivity contribution >= 4 is 11.9 Å². The molecule has 5 heteroatoms. The molecular formula is C8H12N4O. The van der Waals surface area contributed by atoms with E-state index in [0.717, 1.165) is 0 Å². The molecule has 0 spiro atoms. The van der Waals surface area contributed by atoms with Crippen LogP contribution in [0.2, 0.25) is 0 Å². The summed E-state index contributed by atoms with van der Waals surface area (Å²) < 4.78 is 0. The van der Waals surface area contributed by atoms with E-state index in [0.29, 0.717) is 12.5 Å². The molecule has 0 aliphatic heterocycles. The number of rotatable bonds is 3. The average Bonchev–Trinajstić information content (AvgIpc) is 2.18. The summed E-state index contributed by atoms with van der Waals surface area (Å²) in [4.78, 5) is 19.0. The Hall–Kier alpha value is -1.49. The van der Waals surface area contributed by atoms with Gasteiger partial charge >= 0.3 is 0 Å². The van der Waals surface area contributed by atoms with Crippen molar-refractivity contribution in [3.8, 4) is 0 Å². The van der Waals surface area contributed by atoms with Gasteiger partial charge in [0.15, 0.2) is 0 Å². The van der Waals surface area contributed by atoms with Crippen molar-refractivity contribution in [3.05, 3.63) is 18.5 Å². The Kier molecular flexibility index (Phi) is 3.33. The van der Waals surface area contributed by atoms with E-state index in [1.165, 1.54) is 0 Å². The third-order valence-corrected chi connectivity index (χ3v) is 1.60. The summed E-state index contributed by atoms with van der Waals surface area (Å²) in [5, 5.41) is 2.55. The summed E-state index contributed by atoms with van der Waals surface area (Å²) in [5.74, 6) is -0.0645. The molecule has 1 unspecified atom stereocenters. The smallest absolute Gasteiger partial charge is 0.230 e. The van der Waals surface area contributed by atoms with E-state index in [2.05, 4.69) is 15.3 Å². The van der Waals surface area contributed by atoms with Crippen molar-refractivity contribution in [1.29, 1.82) is 0 Å². The minimum absolute atomic E-state index is 0.159. The Morgan fingerprint density at radius 1 is 1.62 bits per heavy atom. The molecule has 0 aromatic carbocycles. The molecule has 0 fully saturated rings. The molecule has 1 aromatic heterocycles. The molecule has 1 atom stereocenters. The maximum Gasteiger partial charge on any atom is 0.230 e. The number of carbonyl (C=O) groups excluding carboxylic acids is 1. The predicted octanol–water partition coefficient (Wildman–Crippen LogP) is 0.00990. The van der Waals surface area contributed by atoms with Gasteiger partial charge in [-0.3, -0.25) is 10.1 Å². The fourth-order valence-electron chi connectivity index (χ4n) is 0.704. The molecule has 0 aliphatic rings. The van der Waals surface area contributed by atoms with Gasteiger partial charge in [0.05, 0.1) is 0 Å². The van der Waals surface area contributed by atoms with Crippen molar-refractivity contribution in [2.75, 3.05) is 11.9 Å². The number of anilines is 1. The summed E-state index contributed by atoms with van der Waals surface area (Å²) in [7, 11) is 0. The molecule has 0 radical (unpaired) electrons. The van der Waals surface area contributed by atoms with Gasteiger partial charge in [-0.15, -0.1) is 0 Å². The van der Waals surface area contributed by atoms with Crippen LogP contribution in [0.4, 0.5) is 5.95 Å². The molecule has 5 nitrogen and oxygen atoms in total. The first kappa shape index (κ1) is 9.60. The van der Waals surface area contributed by atoms with Crippen LogP contribution in [-0.2, 0) is 4.79 Å². The van der Waals surface area contributed by atoms with Crippen LogP contribution in [0.15, 0.2) is 18.5 Å². The zero-order valence-corrected chi connectivity index (χ0v) is 7.40. The van der Waals surface area contributed by atoms with Gasteiger partial charge in [0.2, 0.25) is 11.9 Å². The largest absolute Gasteiger partial charge is 0.330 e. The van der Waals surface area contributed by atoms with E-state index in [1.54, 1.807) is 25.4 Å².